The normalized spacial score (nSPS) is 26.9. The van der Waals surface area contributed by atoms with Crippen molar-refractivity contribution in [3.63, 3.8) is 0 Å². The van der Waals surface area contributed by atoms with Gasteiger partial charge in [-0.3, -0.25) is 0 Å². The summed E-state index contributed by atoms with van der Waals surface area (Å²) in [6, 6.07) is 2.21. The highest BCUT2D eigenvalue weighted by molar-refractivity contribution is 7.12. The molecule has 84 valence electrons. The fourth-order valence-corrected chi connectivity index (χ4v) is 3.27. The lowest BCUT2D eigenvalue weighted by molar-refractivity contribution is -0.0457. The van der Waals surface area contributed by atoms with Gasteiger partial charge in [-0.25, -0.2) is 0 Å². The molecule has 0 aromatic carbocycles. The molecule has 1 N–H and O–H groups in total. The molecule has 3 heteroatoms. The molecule has 0 radical (unpaired) electrons. The molecule has 1 fully saturated rings. The van der Waals surface area contributed by atoms with Crippen LogP contribution in [0.25, 0.3) is 0 Å². The first-order valence-electron chi connectivity index (χ1n) is 5.51. The minimum Gasteiger partial charge on any atom is -0.396 e. The maximum Gasteiger partial charge on any atom is 0.0885 e. The minimum atomic E-state index is 0.119. The zero-order chi connectivity index (χ0) is 10.8. The van der Waals surface area contributed by atoms with Gasteiger partial charge in [0, 0.05) is 28.9 Å². The Morgan fingerprint density at radius 3 is 2.93 bits per heavy atom. The summed E-state index contributed by atoms with van der Waals surface area (Å²) in [5, 5.41) is 9.34. The first kappa shape index (κ1) is 11.1. The van der Waals surface area contributed by atoms with E-state index in [0.717, 1.165) is 19.4 Å². The molecule has 1 aromatic heterocycles. The molecule has 1 aliphatic rings. The van der Waals surface area contributed by atoms with Gasteiger partial charge in [0.05, 0.1) is 6.10 Å². The lowest BCUT2D eigenvalue weighted by Gasteiger charge is -2.30. The van der Waals surface area contributed by atoms with E-state index in [2.05, 4.69) is 19.9 Å². The van der Waals surface area contributed by atoms with Crippen molar-refractivity contribution in [3.8, 4) is 0 Å². The zero-order valence-corrected chi connectivity index (χ0v) is 10.1. The second kappa shape index (κ2) is 4.64. The minimum absolute atomic E-state index is 0.119. The van der Waals surface area contributed by atoms with Crippen molar-refractivity contribution in [2.75, 3.05) is 13.2 Å². The molecule has 2 atom stereocenters. The third-order valence-electron chi connectivity index (χ3n) is 3.07. The predicted molar refractivity (Wildman–Crippen MR) is 62.3 cm³/mol. The highest BCUT2D eigenvalue weighted by Crippen LogP contribution is 2.37. The molecular formula is C12H18O2S. The van der Waals surface area contributed by atoms with Crippen LogP contribution in [-0.4, -0.2) is 18.3 Å². The number of rotatable bonds is 2. The molecule has 0 bridgehead atoms. The first-order chi connectivity index (χ1) is 7.22. The highest BCUT2D eigenvalue weighted by Gasteiger charge is 2.28. The molecule has 0 spiro atoms. The Morgan fingerprint density at radius 1 is 1.53 bits per heavy atom. The van der Waals surface area contributed by atoms with Gasteiger partial charge in [-0.15, -0.1) is 11.3 Å². The van der Waals surface area contributed by atoms with E-state index < -0.39 is 0 Å². The molecule has 2 unspecified atom stereocenters. The summed E-state index contributed by atoms with van der Waals surface area (Å²) in [5.41, 5.74) is 1.29. The molecule has 0 amide bonds. The van der Waals surface area contributed by atoms with E-state index in [-0.39, 0.29) is 18.6 Å². The third kappa shape index (κ3) is 2.25. The van der Waals surface area contributed by atoms with E-state index in [4.69, 9.17) is 4.74 Å². The Bertz CT molecular complexity index is 332. The summed E-state index contributed by atoms with van der Waals surface area (Å²) in [7, 11) is 0. The monoisotopic (exact) mass is 226 g/mol. The number of hydrogen-bond donors (Lipinski definition) is 1. The van der Waals surface area contributed by atoms with Crippen LogP contribution < -0.4 is 0 Å². The number of aliphatic hydroxyl groups is 1. The van der Waals surface area contributed by atoms with E-state index in [1.807, 2.05) is 11.3 Å². The molecule has 1 saturated heterocycles. The van der Waals surface area contributed by atoms with Crippen LogP contribution in [0.15, 0.2) is 6.07 Å². The van der Waals surface area contributed by atoms with Crippen molar-refractivity contribution in [1.29, 1.82) is 0 Å². The Morgan fingerprint density at radius 2 is 2.33 bits per heavy atom. The predicted octanol–water partition coefficient (Wildman–Crippen LogP) is 2.82. The van der Waals surface area contributed by atoms with E-state index in [0.29, 0.717) is 0 Å². The van der Waals surface area contributed by atoms with Gasteiger partial charge < -0.3 is 9.84 Å². The number of aliphatic hydroxyl groups excluding tert-OH is 1. The van der Waals surface area contributed by atoms with Crippen molar-refractivity contribution in [2.45, 2.75) is 32.8 Å². The largest absolute Gasteiger partial charge is 0.396 e. The van der Waals surface area contributed by atoms with Crippen LogP contribution in [0, 0.1) is 19.8 Å². The lowest BCUT2D eigenvalue weighted by atomic mass is 9.90. The van der Waals surface area contributed by atoms with Crippen LogP contribution in [0.2, 0.25) is 0 Å². The van der Waals surface area contributed by atoms with Crippen LogP contribution in [0.5, 0.6) is 0 Å². The van der Waals surface area contributed by atoms with Crippen LogP contribution in [0.4, 0.5) is 0 Å². The Labute approximate surface area is 94.9 Å². The van der Waals surface area contributed by atoms with Gasteiger partial charge in [0.25, 0.3) is 0 Å². The van der Waals surface area contributed by atoms with Gasteiger partial charge in [-0.05, 0) is 38.3 Å². The number of aryl methyl sites for hydroxylation is 2. The molecule has 1 aliphatic heterocycles. The number of ether oxygens (including phenoxy) is 1. The van der Waals surface area contributed by atoms with Gasteiger partial charge in [0.1, 0.15) is 0 Å². The van der Waals surface area contributed by atoms with Crippen molar-refractivity contribution in [1.82, 2.24) is 0 Å². The second-order valence-electron chi connectivity index (χ2n) is 4.24. The van der Waals surface area contributed by atoms with Gasteiger partial charge in [0.15, 0.2) is 0 Å². The van der Waals surface area contributed by atoms with Gasteiger partial charge in [-0.2, -0.15) is 0 Å². The van der Waals surface area contributed by atoms with Crippen LogP contribution in [-0.2, 0) is 4.74 Å². The maximum absolute atomic E-state index is 9.34. The van der Waals surface area contributed by atoms with E-state index in [1.54, 1.807) is 0 Å². The molecule has 2 heterocycles. The summed E-state index contributed by atoms with van der Waals surface area (Å²) in [4.78, 5) is 2.66. The van der Waals surface area contributed by atoms with Gasteiger partial charge in [0.2, 0.25) is 0 Å². The Hall–Kier alpha value is -0.380. The zero-order valence-electron chi connectivity index (χ0n) is 9.32. The summed E-state index contributed by atoms with van der Waals surface area (Å²) in [6.07, 6.45) is 2.27. The highest BCUT2D eigenvalue weighted by atomic mass is 32.1. The average molecular weight is 226 g/mol. The fourth-order valence-electron chi connectivity index (χ4n) is 2.31. The van der Waals surface area contributed by atoms with Crippen molar-refractivity contribution < 1.29 is 9.84 Å². The van der Waals surface area contributed by atoms with Gasteiger partial charge in [-0.1, -0.05) is 0 Å². The smallest absolute Gasteiger partial charge is 0.0885 e. The molecule has 15 heavy (non-hydrogen) atoms. The van der Waals surface area contributed by atoms with Crippen LogP contribution >= 0.6 is 11.3 Å². The molecule has 1 aromatic rings. The Balaban J connectivity index is 2.23. The van der Waals surface area contributed by atoms with Crippen molar-refractivity contribution in [3.05, 3.63) is 21.4 Å². The summed E-state index contributed by atoms with van der Waals surface area (Å²) >= 11 is 1.81. The number of hydrogen-bond acceptors (Lipinski definition) is 3. The SMILES string of the molecule is Cc1cc(C2OCCCC2CO)c(C)s1. The topological polar surface area (TPSA) is 29.5 Å². The molecular weight excluding hydrogens is 208 g/mol. The summed E-state index contributed by atoms with van der Waals surface area (Å²) in [5.74, 6) is 0.284. The van der Waals surface area contributed by atoms with Crippen molar-refractivity contribution in [2.24, 2.45) is 5.92 Å². The Kier molecular flexibility index (Phi) is 3.44. The molecule has 2 rings (SSSR count). The quantitative estimate of drug-likeness (QED) is 0.840. The maximum atomic E-state index is 9.34. The molecule has 0 saturated carbocycles. The van der Waals surface area contributed by atoms with Crippen molar-refractivity contribution >= 4 is 11.3 Å². The van der Waals surface area contributed by atoms with E-state index >= 15 is 0 Å². The van der Waals surface area contributed by atoms with Crippen LogP contribution in [0.1, 0.15) is 34.3 Å². The first-order valence-corrected chi connectivity index (χ1v) is 6.33. The van der Waals surface area contributed by atoms with Gasteiger partial charge >= 0.3 is 0 Å². The third-order valence-corrected chi connectivity index (χ3v) is 4.05. The average Bonchev–Trinajstić information content (AvgIpc) is 2.57. The van der Waals surface area contributed by atoms with E-state index in [1.165, 1.54) is 15.3 Å². The summed E-state index contributed by atoms with van der Waals surface area (Å²) < 4.78 is 5.81. The van der Waals surface area contributed by atoms with E-state index in [9.17, 15) is 5.11 Å². The standard InChI is InChI=1S/C12H18O2S/c1-8-6-11(9(2)15-8)12-10(7-13)4-3-5-14-12/h6,10,12-13H,3-5,7H2,1-2H3. The lowest BCUT2D eigenvalue weighted by Crippen LogP contribution is -2.25. The van der Waals surface area contributed by atoms with Crippen LogP contribution in [0.3, 0.4) is 0 Å². The summed E-state index contributed by atoms with van der Waals surface area (Å²) in [6.45, 7) is 5.33. The molecule has 0 aliphatic carbocycles. The fraction of sp³-hybridized carbons (Fsp3) is 0.667. The second-order valence-corrected chi connectivity index (χ2v) is 5.71. The number of thiophene rings is 1. The molecule has 2 nitrogen and oxygen atoms in total.